The third-order valence-corrected chi connectivity index (χ3v) is 4.76. The lowest BCUT2D eigenvalue weighted by Gasteiger charge is -2.23. The molecule has 6 heteroatoms. The largest absolute Gasteiger partial charge is 0.490 e. The van der Waals surface area contributed by atoms with Gasteiger partial charge in [-0.3, -0.25) is 4.79 Å². The van der Waals surface area contributed by atoms with E-state index in [1.54, 1.807) is 0 Å². The Morgan fingerprint density at radius 3 is 2.63 bits per heavy atom. The molecule has 0 aliphatic rings. The van der Waals surface area contributed by atoms with Crippen molar-refractivity contribution in [3.8, 4) is 11.5 Å². The van der Waals surface area contributed by atoms with Crippen molar-refractivity contribution >= 4 is 16.9 Å². The van der Waals surface area contributed by atoms with Crippen LogP contribution in [0, 0.1) is 0 Å². The fourth-order valence-electron chi connectivity index (χ4n) is 3.35. The van der Waals surface area contributed by atoms with Gasteiger partial charge in [0.05, 0.1) is 19.6 Å². The van der Waals surface area contributed by atoms with E-state index in [1.807, 2.05) is 54.3 Å². The summed E-state index contributed by atoms with van der Waals surface area (Å²) in [5, 5.41) is 4.99. The highest BCUT2D eigenvalue weighted by atomic mass is 16.5. The van der Waals surface area contributed by atoms with Crippen molar-refractivity contribution in [1.82, 2.24) is 10.1 Å². The second kappa shape index (κ2) is 10.7. The maximum atomic E-state index is 13.1. The molecule has 3 rings (SSSR count). The van der Waals surface area contributed by atoms with Gasteiger partial charge in [0.1, 0.15) is 5.69 Å². The van der Waals surface area contributed by atoms with Crippen LogP contribution in [0.25, 0.3) is 11.0 Å². The third-order valence-electron chi connectivity index (χ3n) is 4.76. The molecule has 0 saturated heterocycles. The Hall–Kier alpha value is -3.02. The first-order valence-electron chi connectivity index (χ1n) is 10.7. The number of rotatable bonds is 11. The number of nitrogens with zero attached hydrogens (tertiary/aromatic N) is 2. The van der Waals surface area contributed by atoms with E-state index < -0.39 is 0 Å². The lowest BCUT2D eigenvalue weighted by Crippen LogP contribution is -2.32. The van der Waals surface area contributed by atoms with Crippen LogP contribution in [0.3, 0.4) is 0 Å². The molecule has 0 bridgehead atoms. The predicted octanol–water partition coefficient (Wildman–Crippen LogP) is 5.00. The van der Waals surface area contributed by atoms with Crippen LogP contribution in [0.2, 0.25) is 0 Å². The smallest absolute Gasteiger partial charge is 0.229 e. The quantitative estimate of drug-likeness (QED) is 0.445. The highest BCUT2D eigenvalue weighted by Crippen LogP contribution is 2.29. The molecular formula is C24H30N2O4. The number of fused-ring (bicyclic) bond motifs is 1. The number of ether oxygens (including phenoxy) is 2. The predicted molar refractivity (Wildman–Crippen MR) is 117 cm³/mol. The molecule has 6 nitrogen and oxygen atoms in total. The average molecular weight is 411 g/mol. The van der Waals surface area contributed by atoms with Crippen LogP contribution in [0.1, 0.15) is 44.9 Å². The summed E-state index contributed by atoms with van der Waals surface area (Å²) in [4.78, 5) is 14.9. The molecule has 30 heavy (non-hydrogen) atoms. The summed E-state index contributed by atoms with van der Waals surface area (Å²) in [7, 11) is 0. The van der Waals surface area contributed by atoms with Crippen molar-refractivity contribution in [1.29, 1.82) is 0 Å². The normalized spacial score (nSPS) is 10.9. The van der Waals surface area contributed by atoms with Crippen LogP contribution in [0.5, 0.6) is 11.5 Å². The molecule has 0 radical (unpaired) electrons. The summed E-state index contributed by atoms with van der Waals surface area (Å²) >= 11 is 0. The van der Waals surface area contributed by atoms with Crippen LogP contribution in [0.4, 0.5) is 0 Å². The Kier molecular flexibility index (Phi) is 7.71. The van der Waals surface area contributed by atoms with Crippen molar-refractivity contribution < 1.29 is 18.8 Å². The molecule has 0 unspecified atom stereocenters. The Bertz CT molecular complexity index is 967. The SMILES string of the molecule is CCCOc1ccc(CN(CCC)C(=O)Cc2noc3ccccc23)cc1OCC. The topological polar surface area (TPSA) is 64.8 Å². The first kappa shape index (κ1) is 21.7. The molecule has 1 heterocycles. The third kappa shape index (κ3) is 5.32. The summed E-state index contributed by atoms with van der Waals surface area (Å²) in [5.74, 6) is 1.49. The van der Waals surface area contributed by atoms with E-state index in [0.717, 1.165) is 35.3 Å². The molecule has 3 aromatic rings. The Labute approximate surface area is 177 Å². The molecule has 1 aromatic heterocycles. The van der Waals surface area contributed by atoms with Crippen LogP contribution in [-0.2, 0) is 17.8 Å². The van der Waals surface area contributed by atoms with Gasteiger partial charge in [-0.1, -0.05) is 37.2 Å². The van der Waals surface area contributed by atoms with Crippen LogP contribution in [-0.4, -0.2) is 35.7 Å². The molecule has 0 atom stereocenters. The average Bonchev–Trinajstić information content (AvgIpc) is 3.16. The number of amides is 1. The zero-order valence-electron chi connectivity index (χ0n) is 18.0. The zero-order chi connectivity index (χ0) is 21.3. The van der Waals surface area contributed by atoms with Gasteiger partial charge >= 0.3 is 0 Å². The zero-order valence-corrected chi connectivity index (χ0v) is 18.0. The first-order chi connectivity index (χ1) is 14.7. The van der Waals surface area contributed by atoms with Gasteiger partial charge in [0, 0.05) is 18.5 Å². The molecule has 0 aliphatic heterocycles. The summed E-state index contributed by atoms with van der Waals surface area (Å²) in [6.45, 7) is 8.48. The fraction of sp³-hybridized carbons (Fsp3) is 0.417. The van der Waals surface area contributed by atoms with E-state index in [4.69, 9.17) is 14.0 Å². The minimum atomic E-state index is 0.0279. The van der Waals surface area contributed by atoms with Gasteiger partial charge in [0.15, 0.2) is 17.1 Å². The van der Waals surface area contributed by atoms with Gasteiger partial charge in [0.2, 0.25) is 5.91 Å². The molecule has 0 fully saturated rings. The van der Waals surface area contributed by atoms with E-state index in [9.17, 15) is 4.79 Å². The second-order valence-corrected chi connectivity index (χ2v) is 7.18. The minimum Gasteiger partial charge on any atom is -0.490 e. The standard InChI is InChI=1S/C24H30N2O4/c1-4-13-26(24(27)16-20-19-9-7-8-10-21(19)30-25-20)17-18-11-12-22(29-14-5-2)23(15-18)28-6-3/h7-12,15H,4-6,13-14,16-17H2,1-3H3. The lowest BCUT2D eigenvalue weighted by molar-refractivity contribution is -0.131. The molecule has 160 valence electrons. The molecule has 0 spiro atoms. The van der Waals surface area contributed by atoms with E-state index >= 15 is 0 Å². The second-order valence-electron chi connectivity index (χ2n) is 7.18. The Balaban J connectivity index is 1.75. The van der Waals surface area contributed by atoms with Crippen LogP contribution < -0.4 is 9.47 Å². The maximum absolute atomic E-state index is 13.1. The molecule has 0 N–H and O–H groups in total. The maximum Gasteiger partial charge on any atom is 0.229 e. The first-order valence-corrected chi connectivity index (χ1v) is 10.7. The van der Waals surface area contributed by atoms with Gasteiger partial charge in [0.25, 0.3) is 0 Å². The molecule has 0 saturated carbocycles. The molecule has 1 amide bonds. The van der Waals surface area contributed by atoms with E-state index in [1.165, 1.54) is 0 Å². The fourth-order valence-corrected chi connectivity index (χ4v) is 3.35. The van der Waals surface area contributed by atoms with Gasteiger partial charge in [-0.25, -0.2) is 0 Å². The summed E-state index contributed by atoms with van der Waals surface area (Å²) in [5.41, 5.74) is 2.38. The van der Waals surface area contributed by atoms with Crippen molar-refractivity contribution in [2.45, 2.75) is 46.6 Å². The van der Waals surface area contributed by atoms with Gasteiger partial charge in [-0.15, -0.1) is 0 Å². The minimum absolute atomic E-state index is 0.0279. The van der Waals surface area contributed by atoms with Crippen LogP contribution in [0.15, 0.2) is 47.0 Å². The van der Waals surface area contributed by atoms with E-state index in [0.29, 0.717) is 37.6 Å². The number of carbonyl (C=O) groups is 1. The monoisotopic (exact) mass is 410 g/mol. The van der Waals surface area contributed by atoms with Crippen molar-refractivity contribution in [3.63, 3.8) is 0 Å². The molecular weight excluding hydrogens is 380 g/mol. The highest BCUT2D eigenvalue weighted by molar-refractivity contribution is 5.86. The summed E-state index contributed by atoms with van der Waals surface area (Å²) < 4.78 is 16.9. The number of para-hydroxylation sites is 1. The Morgan fingerprint density at radius 1 is 1.03 bits per heavy atom. The number of carbonyl (C=O) groups excluding carboxylic acids is 1. The van der Waals surface area contributed by atoms with Gasteiger partial charge in [-0.2, -0.15) is 0 Å². The van der Waals surface area contributed by atoms with Crippen molar-refractivity contribution in [2.75, 3.05) is 19.8 Å². The van der Waals surface area contributed by atoms with E-state index in [-0.39, 0.29) is 12.3 Å². The lowest BCUT2D eigenvalue weighted by atomic mass is 10.1. The van der Waals surface area contributed by atoms with Crippen molar-refractivity contribution in [2.24, 2.45) is 0 Å². The van der Waals surface area contributed by atoms with E-state index in [2.05, 4.69) is 19.0 Å². The Morgan fingerprint density at radius 2 is 1.87 bits per heavy atom. The van der Waals surface area contributed by atoms with Gasteiger partial charge in [-0.05, 0) is 49.6 Å². The molecule has 2 aromatic carbocycles. The number of aromatic nitrogens is 1. The molecule has 0 aliphatic carbocycles. The highest BCUT2D eigenvalue weighted by Gasteiger charge is 2.18. The van der Waals surface area contributed by atoms with Gasteiger partial charge < -0.3 is 18.9 Å². The number of hydrogen-bond donors (Lipinski definition) is 0. The van der Waals surface area contributed by atoms with Crippen LogP contribution >= 0.6 is 0 Å². The number of hydrogen-bond acceptors (Lipinski definition) is 5. The summed E-state index contributed by atoms with van der Waals surface area (Å²) in [6.07, 6.45) is 2.02. The number of benzene rings is 2. The van der Waals surface area contributed by atoms with Crippen molar-refractivity contribution in [3.05, 3.63) is 53.7 Å². The summed E-state index contributed by atoms with van der Waals surface area (Å²) in [6, 6.07) is 13.5.